The molecule has 0 heterocycles. The number of hydrogen-bond donors (Lipinski definition) is 4. The van der Waals surface area contributed by atoms with Gasteiger partial charge in [-0.15, -0.1) is 0 Å². The molecule has 0 aromatic heterocycles. The van der Waals surface area contributed by atoms with Gasteiger partial charge in [-0.2, -0.15) is 0 Å². The van der Waals surface area contributed by atoms with Crippen LogP contribution in [0, 0.1) is 0 Å². The SMILES string of the molecule is CC/C=C\C/C=C\C/C=C\C/C=C\C/C=C\C/C=C\CCCCCCCCCCCCCCC(=O)OC(COC(=O)CCCCCCCCCCCCCCCCCCCCC/C=C\C/C=C\C/C=C\C/C=C\CCCCC)COP(=O)(O)OCC(O)COP(=O)(O)OCC(O)COC(=O)CCCCCCCCCCCCCCCCCCCCC/C=C\C/C=C\C/C=C\C/C=C\C/C=C\CC. The molecule has 0 saturated carbocycles. The number of phosphoric ester groups is 2. The molecule has 16 nitrogen and oxygen atoms in total. The van der Waals surface area contributed by atoms with Crippen molar-refractivity contribution in [1.82, 2.24) is 0 Å². The number of esters is 3. The van der Waals surface area contributed by atoms with E-state index in [1.165, 1.54) is 276 Å². The van der Waals surface area contributed by atoms with Crippen LogP contribution in [0.3, 0.4) is 0 Å². The van der Waals surface area contributed by atoms with E-state index in [2.05, 4.69) is 203 Å². The fourth-order valence-electron chi connectivity index (χ4n) is 15.7. The van der Waals surface area contributed by atoms with Crippen molar-refractivity contribution in [3.8, 4) is 0 Å². The first-order chi connectivity index (χ1) is 67.2. The lowest BCUT2D eigenvalue weighted by atomic mass is 10.0. The number of rotatable bonds is 106. The average Bonchev–Trinajstić information content (AvgIpc) is 1.21. The topological polar surface area (TPSA) is 231 Å². The van der Waals surface area contributed by atoms with E-state index in [-0.39, 0.29) is 19.3 Å². The van der Waals surface area contributed by atoms with Crippen molar-refractivity contribution in [3.05, 3.63) is 182 Å². The molecule has 0 bridgehead atoms. The largest absolute Gasteiger partial charge is 0.472 e. The second kappa shape index (κ2) is 109. The van der Waals surface area contributed by atoms with E-state index in [9.17, 15) is 43.5 Å². The number of phosphoric acid groups is 2. The number of ether oxygens (including phenoxy) is 3. The van der Waals surface area contributed by atoms with Gasteiger partial charge in [0.05, 0.1) is 26.4 Å². The first kappa shape index (κ1) is 132. The van der Waals surface area contributed by atoms with Crippen molar-refractivity contribution in [2.45, 2.75) is 514 Å². The minimum absolute atomic E-state index is 0.0998. The molecular formula is C119H206O16P2. The van der Waals surface area contributed by atoms with Crippen LogP contribution >= 0.6 is 15.6 Å². The molecule has 5 atom stereocenters. The van der Waals surface area contributed by atoms with Crippen molar-refractivity contribution >= 4 is 33.6 Å². The molecule has 0 spiro atoms. The smallest absolute Gasteiger partial charge is 0.463 e. The van der Waals surface area contributed by atoms with Gasteiger partial charge in [0.25, 0.3) is 0 Å². The van der Waals surface area contributed by atoms with Gasteiger partial charge < -0.3 is 34.2 Å². The molecule has 0 amide bonds. The highest BCUT2D eigenvalue weighted by atomic mass is 31.2. The van der Waals surface area contributed by atoms with E-state index >= 15 is 0 Å². The maximum atomic E-state index is 13.2. The van der Waals surface area contributed by atoms with E-state index < -0.39 is 91.5 Å². The Labute approximate surface area is 840 Å². The zero-order chi connectivity index (χ0) is 99.2. The fraction of sp³-hybridized carbons (Fsp3) is 0.723. The minimum Gasteiger partial charge on any atom is -0.463 e. The third kappa shape index (κ3) is 111. The van der Waals surface area contributed by atoms with Crippen LogP contribution in [0.15, 0.2) is 182 Å². The third-order valence-corrected chi connectivity index (χ3v) is 26.0. The number of hydrogen-bond acceptors (Lipinski definition) is 14. The predicted octanol–water partition coefficient (Wildman–Crippen LogP) is 36.2. The van der Waals surface area contributed by atoms with E-state index in [0.717, 1.165) is 161 Å². The number of aliphatic hydroxyl groups is 2. The van der Waals surface area contributed by atoms with Gasteiger partial charge in [0.2, 0.25) is 0 Å². The lowest BCUT2D eigenvalue weighted by molar-refractivity contribution is -0.161. The lowest BCUT2D eigenvalue weighted by Crippen LogP contribution is -2.30. The molecule has 0 aromatic rings. The summed E-state index contributed by atoms with van der Waals surface area (Å²) in [5, 5.41) is 20.8. The summed E-state index contributed by atoms with van der Waals surface area (Å²) in [5.74, 6) is -1.55. The summed E-state index contributed by atoms with van der Waals surface area (Å²) in [7, 11) is -9.82. The van der Waals surface area contributed by atoms with Gasteiger partial charge >= 0.3 is 33.6 Å². The summed E-state index contributed by atoms with van der Waals surface area (Å²) in [5.41, 5.74) is 0. The summed E-state index contributed by atoms with van der Waals surface area (Å²) >= 11 is 0. The van der Waals surface area contributed by atoms with Gasteiger partial charge in [-0.25, -0.2) is 9.13 Å². The van der Waals surface area contributed by atoms with Gasteiger partial charge in [0.1, 0.15) is 25.4 Å². The van der Waals surface area contributed by atoms with Gasteiger partial charge in [-0.3, -0.25) is 32.5 Å². The zero-order valence-corrected chi connectivity index (χ0v) is 89.5. The van der Waals surface area contributed by atoms with Gasteiger partial charge in [0.15, 0.2) is 6.10 Å². The maximum Gasteiger partial charge on any atom is 0.472 e. The molecule has 4 N–H and O–H groups in total. The summed E-state index contributed by atoms with van der Waals surface area (Å²) in [6.07, 6.45) is 147. The summed E-state index contributed by atoms with van der Waals surface area (Å²) in [6, 6.07) is 0. The Bertz CT molecular complexity index is 3220. The monoisotopic (exact) mass is 1950 g/mol. The predicted molar refractivity (Wildman–Crippen MR) is 583 cm³/mol. The Kier molecular flexibility index (Phi) is 105. The minimum atomic E-state index is -4.95. The molecule has 0 radical (unpaired) electrons. The Morgan fingerprint density at radius 3 is 0.613 bits per heavy atom. The van der Waals surface area contributed by atoms with Crippen molar-refractivity contribution in [3.63, 3.8) is 0 Å². The molecule has 0 aliphatic heterocycles. The van der Waals surface area contributed by atoms with E-state index in [4.69, 9.17) is 32.3 Å². The average molecular weight is 1950 g/mol. The van der Waals surface area contributed by atoms with Crippen LogP contribution in [0.5, 0.6) is 0 Å². The second-order valence-electron chi connectivity index (χ2n) is 37.4. The van der Waals surface area contributed by atoms with Crippen LogP contribution in [0.25, 0.3) is 0 Å². The van der Waals surface area contributed by atoms with Gasteiger partial charge in [0, 0.05) is 19.3 Å². The molecule has 18 heteroatoms. The van der Waals surface area contributed by atoms with Crippen molar-refractivity contribution in [1.29, 1.82) is 0 Å². The van der Waals surface area contributed by atoms with Gasteiger partial charge in [-0.1, -0.05) is 498 Å². The van der Waals surface area contributed by atoms with Crippen molar-refractivity contribution in [2.24, 2.45) is 0 Å². The van der Waals surface area contributed by atoms with Crippen LogP contribution in [-0.4, -0.2) is 95.9 Å². The van der Waals surface area contributed by atoms with Crippen LogP contribution in [0.2, 0.25) is 0 Å². The second-order valence-corrected chi connectivity index (χ2v) is 40.3. The Hall–Kier alpha value is -5.35. The van der Waals surface area contributed by atoms with E-state index in [0.29, 0.717) is 19.3 Å². The molecule has 0 aliphatic rings. The van der Waals surface area contributed by atoms with E-state index in [1.807, 2.05) is 0 Å². The number of carbonyl (C=O) groups excluding carboxylic acids is 3. The molecule has 137 heavy (non-hydrogen) atoms. The van der Waals surface area contributed by atoms with Crippen LogP contribution in [0.1, 0.15) is 496 Å². The molecule has 788 valence electrons. The quantitative estimate of drug-likeness (QED) is 0.0146. The first-order valence-corrected chi connectivity index (χ1v) is 59.1. The standard InChI is InChI=1S/C119H206O16P2/c1-4-7-10-13-16-19-22-25-28-31-34-37-40-43-46-49-52-54-56-58-61-63-66-69-72-75-78-81-84-87-90-93-96-99-102-105-117(122)129-108-114(120)109-131-136(125,126)132-110-115(121)111-133-137(127,128)134-113-116(135-119(124)107-104-101-98-95-92-89-86-83-80-77-74-71-68-65-60-51-48-45-42-39-36-33-30-27-24-21-18-15-12-9-6-3)112-130-118(123)106-103-100-97-94-91-88-85-82-79-76-73-70-67-64-62-59-57-55-53-50-47-44-41-38-35-32-29-26-23-20-17-14-11-8-5-2/h7,9-10,12,16-21,25-30,34-39,43-48,60,65,114-116,120-121H,4-6,8,11,13-15,22-24,31-33,40-42,49-59,61-64,66-113H2,1-3H3,(H,125,126)(H,127,128)/b10-7-,12-9-,19-16-,20-17-,21-18-,28-25-,29-26-,30-27-,37-34-,38-35-,39-36-,46-43-,47-44-,48-45-,65-60-. The van der Waals surface area contributed by atoms with Gasteiger partial charge in [-0.05, 0) is 161 Å². The molecule has 5 unspecified atom stereocenters. The fourth-order valence-corrected chi connectivity index (χ4v) is 17.3. The number of unbranched alkanes of at least 4 members (excludes halogenated alkanes) is 53. The molecular weight excluding hydrogens is 1750 g/mol. The molecule has 0 aromatic carbocycles. The highest BCUT2D eigenvalue weighted by Crippen LogP contribution is 2.45. The Morgan fingerprint density at radius 1 is 0.212 bits per heavy atom. The maximum absolute atomic E-state index is 13.2. The van der Waals surface area contributed by atoms with Crippen LogP contribution in [-0.2, 0) is 55.8 Å². The molecule has 0 aliphatic carbocycles. The Morgan fingerprint density at radius 2 is 0.387 bits per heavy atom. The van der Waals surface area contributed by atoms with Crippen LogP contribution in [0.4, 0.5) is 0 Å². The number of carbonyl (C=O) groups is 3. The van der Waals surface area contributed by atoms with Crippen molar-refractivity contribution in [2.75, 3.05) is 39.6 Å². The summed E-state index contributed by atoms with van der Waals surface area (Å²) in [4.78, 5) is 59.4. The van der Waals surface area contributed by atoms with Crippen molar-refractivity contribution < 1.29 is 75.8 Å². The summed E-state index contributed by atoms with van der Waals surface area (Å²) < 4.78 is 61.9. The molecule has 0 rings (SSSR count). The number of aliphatic hydroxyl groups excluding tert-OH is 2. The normalized spacial score (nSPS) is 14.2. The zero-order valence-electron chi connectivity index (χ0n) is 87.7. The van der Waals surface area contributed by atoms with Crippen LogP contribution < -0.4 is 0 Å². The summed E-state index contributed by atoms with van der Waals surface area (Å²) in [6.45, 7) is 2.52. The number of allylic oxidation sites excluding steroid dienone is 30. The highest BCUT2D eigenvalue weighted by molar-refractivity contribution is 7.47. The first-order valence-electron chi connectivity index (χ1n) is 56.1. The third-order valence-electron chi connectivity index (χ3n) is 24.1. The van der Waals surface area contributed by atoms with E-state index in [1.54, 1.807) is 0 Å². The Balaban J connectivity index is 4.59. The molecule has 0 saturated heterocycles. The molecule has 0 fully saturated rings. The lowest BCUT2D eigenvalue weighted by Gasteiger charge is -2.21. The highest BCUT2D eigenvalue weighted by Gasteiger charge is 2.30.